The maximum atomic E-state index is 13.2. The Morgan fingerprint density at radius 3 is 2.78 bits per heavy atom. The number of hydrogen-bond donors (Lipinski definition) is 1. The molecule has 3 rings (SSSR count). The average Bonchev–Trinajstić information content (AvgIpc) is 3.08. The van der Waals surface area contributed by atoms with Crippen molar-refractivity contribution in [3.8, 4) is 5.69 Å². The van der Waals surface area contributed by atoms with Gasteiger partial charge in [0.1, 0.15) is 0 Å². The molecule has 1 aliphatic heterocycles. The quantitative estimate of drug-likeness (QED) is 0.937. The number of rotatable bonds is 3. The van der Waals surface area contributed by atoms with Crippen LogP contribution in [0.3, 0.4) is 0 Å². The molecule has 0 bridgehead atoms. The van der Waals surface area contributed by atoms with Crippen molar-refractivity contribution in [3.63, 3.8) is 0 Å². The normalized spacial score (nSPS) is 21.4. The highest BCUT2D eigenvalue weighted by atomic mass is 16.2. The van der Waals surface area contributed by atoms with Crippen LogP contribution in [-0.4, -0.2) is 44.9 Å². The van der Waals surface area contributed by atoms with Crippen LogP contribution in [0.15, 0.2) is 30.6 Å². The largest absolute Gasteiger partial charge is 0.334 e. The van der Waals surface area contributed by atoms with Gasteiger partial charge >= 0.3 is 0 Å². The Bertz CT molecular complexity index is 682. The van der Waals surface area contributed by atoms with Crippen LogP contribution in [-0.2, 0) is 0 Å². The van der Waals surface area contributed by atoms with Crippen molar-refractivity contribution in [2.24, 2.45) is 11.7 Å². The van der Waals surface area contributed by atoms with E-state index in [0.717, 1.165) is 24.9 Å². The van der Waals surface area contributed by atoms with E-state index in [-0.39, 0.29) is 11.9 Å². The van der Waals surface area contributed by atoms with E-state index in [1.165, 1.54) is 4.80 Å². The summed E-state index contributed by atoms with van der Waals surface area (Å²) in [6, 6.07) is 5.87. The van der Waals surface area contributed by atoms with Gasteiger partial charge in [0.25, 0.3) is 5.91 Å². The Hall–Kier alpha value is -2.21. The fourth-order valence-electron chi connectivity index (χ4n) is 3.35. The molecule has 0 aliphatic carbocycles. The van der Waals surface area contributed by atoms with Gasteiger partial charge in [-0.3, -0.25) is 4.79 Å². The molecule has 1 aromatic heterocycles. The summed E-state index contributed by atoms with van der Waals surface area (Å²) < 4.78 is 0. The third kappa shape index (κ3) is 2.99. The van der Waals surface area contributed by atoms with E-state index >= 15 is 0 Å². The molecular weight excluding hydrogens is 290 g/mol. The predicted molar refractivity (Wildman–Crippen MR) is 88.4 cm³/mol. The molecule has 6 nitrogen and oxygen atoms in total. The second-order valence-corrected chi connectivity index (χ2v) is 6.26. The van der Waals surface area contributed by atoms with Crippen LogP contribution in [0.2, 0.25) is 0 Å². The lowest BCUT2D eigenvalue weighted by atomic mass is 9.90. The Balaban J connectivity index is 2.00. The van der Waals surface area contributed by atoms with Crippen LogP contribution in [0.1, 0.15) is 35.7 Å². The van der Waals surface area contributed by atoms with Crippen LogP contribution < -0.4 is 5.73 Å². The number of likely N-dealkylation sites (tertiary alicyclic amines) is 1. The van der Waals surface area contributed by atoms with Crippen molar-refractivity contribution in [2.45, 2.75) is 32.7 Å². The van der Waals surface area contributed by atoms with Crippen molar-refractivity contribution < 1.29 is 4.79 Å². The number of aryl methyl sites for hydroxylation is 1. The molecule has 2 atom stereocenters. The Morgan fingerprint density at radius 1 is 1.35 bits per heavy atom. The van der Waals surface area contributed by atoms with Crippen molar-refractivity contribution in [1.82, 2.24) is 19.9 Å². The third-order valence-electron chi connectivity index (χ3n) is 4.63. The van der Waals surface area contributed by atoms with Gasteiger partial charge in [-0.05, 0) is 37.8 Å². The highest BCUT2D eigenvalue weighted by Crippen LogP contribution is 2.26. The van der Waals surface area contributed by atoms with Gasteiger partial charge in [0, 0.05) is 19.1 Å². The van der Waals surface area contributed by atoms with E-state index in [1.807, 2.05) is 30.0 Å². The molecule has 0 radical (unpaired) electrons. The molecule has 2 N–H and O–H groups in total. The zero-order valence-corrected chi connectivity index (χ0v) is 13.6. The summed E-state index contributed by atoms with van der Waals surface area (Å²) in [7, 11) is 0. The van der Waals surface area contributed by atoms with Crippen molar-refractivity contribution in [1.29, 1.82) is 0 Å². The lowest BCUT2D eigenvalue weighted by molar-refractivity contribution is 0.0532. The van der Waals surface area contributed by atoms with Gasteiger partial charge < -0.3 is 10.6 Å². The predicted octanol–water partition coefficient (Wildman–Crippen LogP) is 1.78. The van der Waals surface area contributed by atoms with Crippen LogP contribution in [0.4, 0.5) is 0 Å². The summed E-state index contributed by atoms with van der Waals surface area (Å²) >= 11 is 0. The van der Waals surface area contributed by atoms with Crippen LogP contribution >= 0.6 is 0 Å². The van der Waals surface area contributed by atoms with Crippen LogP contribution in [0.5, 0.6) is 0 Å². The zero-order chi connectivity index (χ0) is 16.4. The van der Waals surface area contributed by atoms with Gasteiger partial charge in [-0.2, -0.15) is 15.0 Å². The monoisotopic (exact) mass is 313 g/mol. The summed E-state index contributed by atoms with van der Waals surface area (Å²) in [6.45, 7) is 5.40. The summed E-state index contributed by atoms with van der Waals surface area (Å²) in [5, 5.41) is 8.34. The number of piperidine rings is 1. The molecule has 1 amide bonds. The van der Waals surface area contributed by atoms with Crippen molar-refractivity contribution in [3.05, 3.63) is 41.7 Å². The molecule has 23 heavy (non-hydrogen) atoms. The molecule has 0 spiro atoms. The molecule has 1 aliphatic rings. The average molecular weight is 313 g/mol. The number of nitrogens with two attached hydrogens (primary N) is 1. The van der Waals surface area contributed by atoms with E-state index in [2.05, 4.69) is 17.1 Å². The first-order valence-corrected chi connectivity index (χ1v) is 8.10. The molecule has 0 unspecified atom stereocenters. The molecule has 0 saturated carbocycles. The first-order chi connectivity index (χ1) is 11.1. The van der Waals surface area contributed by atoms with E-state index in [4.69, 9.17) is 5.73 Å². The Morgan fingerprint density at radius 2 is 2.09 bits per heavy atom. The maximum Gasteiger partial charge on any atom is 0.256 e. The van der Waals surface area contributed by atoms with Crippen LogP contribution in [0.25, 0.3) is 5.69 Å². The first-order valence-electron chi connectivity index (χ1n) is 8.10. The number of aromatic nitrogens is 3. The number of hydrogen-bond acceptors (Lipinski definition) is 4. The second kappa shape index (κ2) is 6.50. The minimum absolute atomic E-state index is 0.0167. The lowest BCUT2D eigenvalue weighted by Gasteiger charge is -2.39. The summed E-state index contributed by atoms with van der Waals surface area (Å²) in [4.78, 5) is 16.6. The molecule has 6 heteroatoms. The summed E-state index contributed by atoms with van der Waals surface area (Å²) in [5.74, 6) is 0.441. The van der Waals surface area contributed by atoms with E-state index in [1.54, 1.807) is 12.4 Å². The maximum absolute atomic E-state index is 13.2. The standard InChI is InChI=1S/C17H23N5O/c1-12-5-6-15(22-19-7-8-20-22)14(10-12)17(23)21-9-3-4-13(2)16(21)11-18/h5-8,10,13,16H,3-4,9,11,18H2,1-2H3/t13-,16+/m1/s1. The minimum Gasteiger partial charge on any atom is -0.334 e. The number of benzene rings is 1. The van der Waals surface area contributed by atoms with Gasteiger partial charge in [-0.1, -0.05) is 18.6 Å². The highest BCUT2D eigenvalue weighted by molar-refractivity contribution is 5.98. The van der Waals surface area contributed by atoms with Gasteiger partial charge in [0.15, 0.2) is 0 Å². The number of amides is 1. The first kappa shape index (κ1) is 15.7. The van der Waals surface area contributed by atoms with Crippen molar-refractivity contribution >= 4 is 5.91 Å². The van der Waals surface area contributed by atoms with Gasteiger partial charge in [-0.15, -0.1) is 0 Å². The SMILES string of the molecule is Cc1ccc(-n2nccn2)c(C(=O)N2CCC[C@@H](C)[C@@H]2CN)c1. The van der Waals surface area contributed by atoms with E-state index in [0.29, 0.717) is 23.7 Å². The van der Waals surface area contributed by atoms with Crippen LogP contribution in [0, 0.1) is 12.8 Å². The van der Waals surface area contributed by atoms with Crippen molar-refractivity contribution in [2.75, 3.05) is 13.1 Å². The minimum atomic E-state index is 0.0167. The molecule has 1 fully saturated rings. The molecular formula is C17H23N5O. The number of carbonyl (C=O) groups is 1. The zero-order valence-electron chi connectivity index (χ0n) is 13.6. The summed E-state index contributed by atoms with van der Waals surface area (Å²) in [6.07, 6.45) is 5.36. The van der Waals surface area contributed by atoms with E-state index in [9.17, 15) is 4.79 Å². The fraction of sp³-hybridized carbons (Fsp3) is 0.471. The lowest BCUT2D eigenvalue weighted by Crippen LogP contribution is -2.51. The Kier molecular flexibility index (Phi) is 4.43. The molecule has 122 valence electrons. The van der Waals surface area contributed by atoms with Gasteiger partial charge in [0.05, 0.1) is 23.6 Å². The van der Waals surface area contributed by atoms with E-state index < -0.39 is 0 Å². The third-order valence-corrected chi connectivity index (χ3v) is 4.63. The number of nitrogens with zero attached hydrogens (tertiary/aromatic N) is 4. The molecule has 2 heterocycles. The smallest absolute Gasteiger partial charge is 0.256 e. The topological polar surface area (TPSA) is 77.0 Å². The highest BCUT2D eigenvalue weighted by Gasteiger charge is 2.32. The fourth-order valence-corrected chi connectivity index (χ4v) is 3.35. The van der Waals surface area contributed by atoms with Gasteiger partial charge in [-0.25, -0.2) is 0 Å². The molecule has 2 aromatic rings. The molecule has 1 saturated heterocycles. The molecule has 1 aromatic carbocycles. The van der Waals surface area contributed by atoms with Gasteiger partial charge in [0.2, 0.25) is 0 Å². The second-order valence-electron chi connectivity index (χ2n) is 6.26. The number of carbonyl (C=O) groups excluding carboxylic acids is 1. The summed E-state index contributed by atoms with van der Waals surface area (Å²) in [5.41, 5.74) is 8.32. The Labute approximate surface area is 136 Å².